The van der Waals surface area contributed by atoms with E-state index >= 15 is 0 Å². The van der Waals surface area contributed by atoms with Gasteiger partial charge in [0.05, 0.1) is 24.2 Å². The Kier molecular flexibility index (Phi) is 5.95. The topological polar surface area (TPSA) is 89.0 Å². The van der Waals surface area contributed by atoms with E-state index in [9.17, 15) is 14.7 Å². The highest BCUT2D eigenvalue weighted by atomic mass is 32.1. The summed E-state index contributed by atoms with van der Waals surface area (Å²) in [5.74, 6) is -0.458. The van der Waals surface area contributed by atoms with Gasteiger partial charge in [0.2, 0.25) is 0 Å². The first-order valence-corrected chi connectivity index (χ1v) is 9.62. The van der Waals surface area contributed by atoms with Gasteiger partial charge in [-0.3, -0.25) is 9.59 Å². The maximum atomic E-state index is 12.9. The van der Waals surface area contributed by atoms with Crippen LogP contribution < -0.4 is 9.47 Å². The van der Waals surface area contributed by atoms with Crippen molar-refractivity contribution in [1.82, 2.24) is 9.88 Å². The average molecular weight is 390 g/mol. The highest BCUT2D eigenvalue weighted by molar-refractivity contribution is 7.07. The lowest BCUT2D eigenvalue weighted by atomic mass is 9.90. The number of carbonyl (C=O) groups is 2. The number of piperidine rings is 1. The SMILES string of the molecule is COc1cc(C(=O)N2CC(C)CC(C(=O)O)C2)ccc1OCc1cscn1. The molecule has 1 fully saturated rings. The highest BCUT2D eigenvalue weighted by Gasteiger charge is 2.32. The Morgan fingerprint density at radius 1 is 1.33 bits per heavy atom. The molecule has 1 saturated heterocycles. The molecule has 1 aliphatic heterocycles. The first kappa shape index (κ1) is 19.2. The quantitative estimate of drug-likeness (QED) is 0.816. The molecule has 1 aromatic carbocycles. The van der Waals surface area contributed by atoms with E-state index in [1.165, 1.54) is 18.4 Å². The molecular weight excluding hydrogens is 368 g/mol. The van der Waals surface area contributed by atoms with E-state index in [1.807, 2.05) is 12.3 Å². The number of aromatic nitrogens is 1. The zero-order valence-electron chi connectivity index (χ0n) is 15.3. The molecule has 0 spiro atoms. The van der Waals surface area contributed by atoms with Crippen molar-refractivity contribution < 1.29 is 24.2 Å². The fourth-order valence-electron chi connectivity index (χ4n) is 3.26. The van der Waals surface area contributed by atoms with Gasteiger partial charge in [-0.25, -0.2) is 4.98 Å². The first-order chi connectivity index (χ1) is 13.0. The summed E-state index contributed by atoms with van der Waals surface area (Å²) in [4.78, 5) is 30.0. The molecule has 1 N–H and O–H groups in total. The number of carboxylic acid groups (broad SMARTS) is 1. The Balaban J connectivity index is 1.73. The second kappa shape index (κ2) is 8.39. The van der Waals surface area contributed by atoms with Crippen molar-refractivity contribution in [3.05, 3.63) is 40.3 Å². The van der Waals surface area contributed by atoms with Crippen LogP contribution >= 0.6 is 11.3 Å². The van der Waals surface area contributed by atoms with Crippen LogP contribution in [0, 0.1) is 11.8 Å². The Morgan fingerprint density at radius 3 is 2.81 bits per heavy atom. The average Bonchev–Trinajstić information content (AvgIpc) is 3.18. The van der Waals surface area contributed by atoms with Gasteiger partial charge in [-0.1, -0.05) is 6.92 Å². The van der Waals surface area contributed by atoms with Crippen LogP contribution in [0.5, 0.6) is 11.5 Å². The van der Waals surface area contributed by atoms with Crippen LogP contribution in [0.25, 0.3) is 0 Å². The molecule has 8 heteroatoms. The minimum atomic E-state index is -0.859. The number of ether oxygens (including phenoxy) is 2. The molecule has 0 saturated carbocycles. The van der Waals surface area contributed by atoms with Crippen LogP contribution in [0.3, 0.4) is 0 Å². The molecule has 2 unspecified atom stereocenters. The molecule has 1 aliphatic rings. The predicted octanol–water partition coefficient (Wildman–Crippen LogP) is 2.91. The maximum Gasteiger partial charge on any atom is 0.308 e. The van der Waals surface area contributed by atoms with Crippen LogP contribution in [0.15, 0.2) is 29.1 Å². The zero-order valence-corrected chi connectivity index (χ0v) is 16.1. The maximum absolute atomic E-state index is 12.9. The van der Waals surface area contributed by atoms with Crippen molar-refractivity contribution in [1.29, 1.82) is 0 Å². The van der Waals surface area contributed by atoms with Crippen molar-refractivity contribution in [3.8, 4) is 11.5 Å². The second-order valence-electron chi connectivity index (χ2n) is 6.72. The summed E-state index contributed by atoms with van der Waals surface area (Å²) in [6.07, 6.45) is 0.589. The normalized spacial score (nSPS) is 19.6. The summed E-state index contributed by atoms with van der Waals surface area (Å²) in [6.45, 7) is 3.05. The molecule has 2 aromatic rings. The number of amides is 1. The smallest absolute Gasteiger partial charge is 0.308 e. The number of hydrogen-bond acceptors (Lipinski definition) is 6. The Morgan fingerprint density at radius 2 is 2.15 bits per heavy atom. The van der Waals surface area contributed by atoms with Crippen molar-refractivity contribution in [2.24, 2.45) is 11.8 Å². The van der Waals surface area contributed by atoms with Gasteiger partial charge >= 0.3 is 5.97 Å². The Bertz CT molecular complexity index is 808. The minimum absolute atomic E-state index is 0.145. The number of carboxylic acids is 1. The van der Waals surface area contributed by atoms with Gasteiger partial charge in [0, 0.05) is 24.0 Å². The highest BCUT2D eigenvalue weighted by Crippen LogP contribution is 2.30. The number of likely N-dealkylation sites (tertiary alicyclic amines) is 1. The summed E-state index contributed by atoms with van der Waals surface area (Å²) in [7, 11) is 1.52. The third-order valence-corrected chi connectivity index (χ3v) is 5.20. The molecule has 27 heavy (non-hydrogen) atoms. The van der Waals surface area contributed by atoms with E-state index in [2.05, 4.69) is 4.98 Å². The number of carbonyl (C=O) groups excluding carboxylic acids is 1. The Hall–Kier alpha value is -2.61. The molecule has 7 nitrogen and oxygen atoms in total. The van der Waals surface area contributed by atoms with E-state index in [0.717, 1.165) is 5.69 Å². The summed E-state index contributed by atoms with van der Waals surface area (Å²) in [5.41, 5.74) is 3.01. The molecule has 0 radical (unpaired) electrons. The predicted molar refractivity (Wildman–Crippen MR) is 100 cm³/mol. The van der Waals surface area contributed by atoms with Crippen molar-refractivity contribution in [2.75, 3.05) is 20.2 Å². The van der Waals surface area contributed by atoms with E-state index in [4.69, 9.17) is 9.47 Å². The molecule has 0 bridgehead atoms. The van der Waals surface area contributed by atoms with Crippen LogP contribution in [-0.2, 0) is 11.4 Å². The molecule has 2 atom stereocenters. The number of aliphatic carboxylic acids is 1. The number of hydrogen-bond donors (Lipinski definition) is 1. The van der Waals surface area contributed by atoms with Crippen LogP contribution in [0.4, 0.5) is 0 Å². The van der Waals surface area contributed by atoms with Gasteiger partial charge < -0.3 is 19.5 Å². The molecular formula is C19H22N2O5S. The first-order valence-electron chi connectivity index (χ1n) is 8.68. The standard InChI is InChI=1S/C19H22N2O5S/c1-12-5-14(19(23)24)8-21(7-12)18(22)13-3-4-16(17(6-13)25-2)26-9-15-10-27-11-20-15/h3-4,6,10-12,14H,5,7-9H2,1-2H3,(H,23,24). The fraction of sp³-hybridized carbons (Fsp3) is 0.421. The molecule has 3 rings (SSSR count). The molecule has 1 aromatic heterocycles. The molecule has 2 heterocycles. The third-order valence-electron chi connectivity index (χ3n) is 4.57. The lowest BCUT2D eigenvalue weighted by Crippen LogP contribution is -2.45. The summed E-state index contributed by atoms with van der Waals surface area (Å²) in [6, 6.07) is 5.00. The largest absolute Gasteiger partial charge is 0.493 e. The third kappa shape index (κ3) is 4.57. The van der Waals surface area contributed by atoms with Gasteiger partial charge in [0.15, 0.2) is 11.5 Å². The van der Waals surface area contributed by atoms with Crippen molar-refractivity contribution >= 4 is 23.2 Å². The second-order valence-corrected chi connectivity index (χ2v) is 7.44. The van der Waals surface area contributed by atoms with Crippen molar-refractivity contribution in [2.45, 2.75) is 20.0 Å². The van der Waals surface area contributed by atoms with Gasteiger partial charge in [-0.05, 0) is 30.5 Å². The minimum Gasteiger partial charge on any atom is -0.493 e. The van der Waals surface area contributed by atoms with Crippen LogP contribution in [-0.4, -0.2) is 47.1 Å². The van der Waals surface area contributed by atoms with Crippen LogP contribution in [0.1, 0.15) is 29.4 Å². The van der Waals surface area contributed by atoms with Gasteiger partial charge in [0.25, 0.3) is 5.91 Å². The monoisotopic (exact) mass is 390 g/mol. The Labute approximate surface area is 161 Å². The van der Waals surface area contributed by atoms with Crippen molar-refractivity contribution in [3.63, 3.8) is 0 Å². The number of rotatable bonds is 6. The lowest BCUT2D eigenvalue weighted by molar-refractivity contribution is -0.143. The summed E-state index contributed by atoms with van der Waals surface area (Å²) < 4.78 is 11.1. The summed E-state index contributed by atoms with van der Waals surface area (Å²) in [5, 5.41) is 11.2. The van der Waals surface area contributed by atoms with E-state index < -0.39 is 11.9 Å². The van der Waals surface area contributed by atoms with E-state index in [-0.39, 0.29) is 18.4 Å². The van der Waals surface area contributed by atoms with Crippen LogP contribution in [0.2, 0.25) is 0 Å². The van der Waals surface area contributed by atoms with E-state index in [1.54, 1.807) is 28.6 Å². The number of thiazole rings is 1. The van der Waals surface area contributed by atoms with E-state index in [0.29, 0.717) is 36.6 Å². The molecule has 1 amide bonds. The zero-order chi connectivity index (χ0) is 19.4. The fourth-order valence-corrected chi connectivity index (χ4v) is 3.80. The number of nitrogens with zero attached hydrogens (tertiary/aromatic N) is 2. The number of methoxy groups -OCH3 is 1. The molecule has 0 aliphatic carbocycles. The lowest BCUT2D eigenvalue weighted by Gasteiger charge is -2.34. The van der Waals surface area contributed by atoms with Gasteiger partial charge in [-0.2, -0.15) is 0 Å². The molecule has 144 valence electrons. The van der Waals surface area contributed by atoms with Gasteiger partial charge in [-0.15, -0.1) is 11.3 Å². The summed E-state index contributed by atoms with van der Waals surface area (Å²) >= 11 is 1.49. The number of benzene rings is 1. The van der Waals surface area contributed by atoms with Gasteiger partial charge in [0.1, 0.15) is 6.61 Å².